The van der Waals surface area contributed by atoms with E-state index in [1.807, 2.05) is 0 Å². The number of unbranched alkanes of at least 4 members (excludes halogenated alkanes) is 2. The van der Waals surface area contributed by atoms with Crippen molar-refractivity contribution in [2.24, 2.45) is 0 Å². The lowest BCUT2D eigenvalue weighted by atomic mass is 10.2. The van der Waals surface area contributed by atoms with Crippen LogP contribution in [0.3, 0.4) is 0 Å². The van der Waals surface area contributed by atoms with Crippen LogP contribution in [-0.2, 0) is 4.79 Å². The summed E-state index contributed by atoms with van der Waals surface area (Å²) in [5, 5.41) is 0. The number of carbonyl (C=O) groups is 1. The summed E-state index contributed by atoms with van der Waals surface area (Å²) in [6.45, 7) is 2.79. The van der Waals surface area contributed by atoms with Crippen molar-refractivity contribution in [2.45, 2.75) is 32.6 Å². The molecule has 0 aromatic rings. The van der Waals surface area contributed by atoms with Crippen LogP contribution >= 0.6 is 11.6 Å². The Morgan fingerprint density at radius 1 is 1.42 bits per heavy atom. The molecule has 0 aliphatic carbocycles. The molecule has 0 saturated heterocycles. The van der Waals surface area contributed by atoms with Crippen molar-refractivity contribution in [1.82, 2.24) is 4.90 Å². The maximum atomic E-state index is 11.3. The summed E-state index contributed by atoms with van der Waals surface area (Å²) in [6.07, 6.45) is 3.97. The normalized spacial score (nSPS) is 9.92. The third kappa shape index (κ3) is 5.42. The van der Waals surface area contributed by atoms with Crippen LogP contribution < -0.4 is 0 Å². The molecule has 3 heteroatoms. The minimum atomic E-state index is 0.212. The Bertz CT molecular complexity index is 128. The van der Waals surface area contributed by atoms with E-state index in [-0.39, 0.29) is 5.91 Å². The van der Waals surface area contributed by atoms with E-state index in [4.69, 9.17) is 11.6 Å². The van der Waals surface area contributed by atoms with Crippen molar-refractivity contribution in [3.05, 3.63) is 0 Å². The Morgan fingerprint density at radius 3 is 2.58 bits per heavy atom. The number of rotatable bonds is 6. The van der Waals surface area contributed by atoms with Crippen LogP contribution in [0.4, 0.5) is 0 Å². The zero-order valence-corrected chi connectivity index (χ0v) is 8.73. The van der Waals surface area contributed by atoms with Gasteiger partial charge in [0.05, 0.1) is 0 Å². The molecule has 0 atom stereocenters. The lowest BCUT2D eigenvalue weighted by Gasteiger charge is -2.14. The third-order valence-electron chi connectivity index (χ3n) is 1.84. The summed E-state index contributed by atoms with van der Waals surface area (Å²) in [5.74, 6) is 0.736. The van der Waals surface area contributed by atoms with Gasteiger partial charge in [0.1, 0.15) is 0 Å². The number of amides is 1. The third-order valence-corrected chi connectivity index (χ3v) is 2.01. The highest BCUT2D eigenvalue weighted by molar-refractivity contribution is 6.18. The monoisotopic (exact) mass is 191 g/mol. The summed E-state index contributed by atoms with van der Waals surface area (Å²) >= 11 is 5.51. The molecule has 0 aromatic heterocycles. The standard InChI is InChI=1S/C9H18ClNO/c1-3-4-5-6-9(12)11(2)8-7-10/h3-8H2,1-2H3. The summed E-state index contributed by atoms with van der Waals surface area (Å²) < 4.78 is 0. The number of halogens is 1. The number of hydrogen-bond donors (Lipinski definition) is 0. The van der Waals surface area contributed by atoms with Gasteiger partial charge in [-0.05, 0) is 6.42 Å². The fraction of sp³-hybridized carbons (Fsp3) is 0.889. The number of carbonyl (C=O) groups excluding carboxylic acids is 1. The first-order chi connectivity index (χ1) is 5.72. The Kier molecular flexibility index (Phi) is 7.26. The fourth-order valence-electron chi connectivity index (χ4n) is 0.969. The van der Waals surface area contributed by atoms with Gasteiger partial charge in [0.15, 0.2) is 0 Å². The Hall–Kier alpha value is -0.240. The van der Waals surface area contributed by atoms with E-state index < -0.39 is 0 Å². The summed E-state index contributed by atoms with van der Waals surface area (Å²) in [4.78, 5) is 13.0. The van der Waals surface area contributed by atoms with Crippen LogP contribution in [0.2, 0.25) is 0 Å². The first-order valence-electron chi connectivity index (χ1n) is 4.52. The second-order valence-electron chi connectivity index (χ2n) is 2.96. The van der Waals surface area contributed by atoms with E-state index in [1.54, 1.807) is 11.9 Å². The molecule has 0 heterocycles. The molecule has 0 rings (SSSR count). The zero-order chi connectivity index (χ0) is 9.40. The van der Waals surface area contributed by atoms with E-state index in [1.165, 1.54) is 0 Å². The van der Waals surface area contributed by atoms with Gasteiger partial charge in [-0.15, -0.1) is 11.6 Å². The molecule has 1 amide bonds. The van der Waals surface area contributed by atoms with Crippen LogP contribution in [0.1, 0.15) is 32.6 Å². The average Bonchev–Trinajstić information content (AvgIpc) is 2.05. The van der Waals surface area contributed by atoms with E-state index in [0.29, 0.717) is 18.8 Å². The molecule has 0 bridgehead atoms. The molecule has 0 aliphatic heterocycles. The molecule has 0 spiro atoms. The van der Waals surface area contributed by atoms with Gasteiger partial charge in [0, 0.05) is 25.9 Å². The quantitative estimate of drug-likeness (QED) is 0.466. The minimum absolute atomic E-state index is 0.212. The average molecular weight is 192 g/mol. The topological polar surface area (TPSA) is 20.3 Å². The van der Waals surface area contributed by atoms with Gasteiger partial charge >= 0.3 is 0 Å². The predicted molar refractivity (Wildman–Crippen MR) is 52.5 cm³/mol. The largest absolute Gasteiger partial charge is 0.345 e. The molecule has 0 radical (unpaired) electrons. The molecule has 0 aliphatic rings. The number of nitrogens with zero attached hydrogens (tertiary/aromatic N) is 1. The summed E-state index contributed by atoms with van der Waals surface area (Å²) in [5.41, 5.74) is 0. The maximum absolute atomic E-state index is 11.3. The van der Waals surface area contributed by atoms with Gasteiger partial charge in [-0.2, -0.15) is 0 Å². The molecule has 72 valence electrons. The van der Waals surface area contributed by atoms with Gasteiger partial charge in [0.25, 0.3) is 0 Å². The Balaban J connectivity index is 3.43. The van der Waals surface area contributed by atoms with Crippen LogP contribution in [-0.4, -0.2) is 30.3 Å². The van der Waals surface area contributed by atoms with E-state index in [9.17, 15) is 4.79 Å². The fourth-order valence-corrected chi connectivity index (χ4v) is 1.22. The van der Waals surface area contributed by atoms with Crippen molar-refractivity contribution in [3.8, 4) is 0 Å². The van der Waals surface area contributed by atoms with Gasteiger partial charge < -0.3 is 4.90 Å². The first kappa shape index (κ1) is 11.8. The highest BCUT2D eigenvalue weighted by Crippen LogP contribution is 2.01. The molecule has 0 N–H and O–H groups in total. The maximum Gasteiger partial charge on any atom is 0.222 e. The first-order valence-corrected chi connectivity index (χ1v) is 5.05. The van der Waals surface area contributed by atoms with Crippen molar-refractivity contribution >= 4 is 17.5 Å². The van der Waals surface area contributed by atoms with Gasteiger partial charge in [-0.3, -0.25) is 4.79 Å². The lowest BCUT2D eigenvalue weighted by molar-refractivity contribution is -0.129. The number of alkyl halides is 1. The second kappa shape index (κ2) is 7.41. The minimum Gasteiger partial charge on any atom is -0.345 e. The van der Waals surface area contributed by atoms with E-state index in [2.05, 4.69) is 6.92 Å². The highest BCUT2D eigenvalue weighted by Gasteiger charge is 2.05. The van der Waals surface area contributed by atoms with Crippen molar-refractivity contribution < 1.29 is 4.79 Å². The molecular formula is C9H18ClNO. The van der Waals surface area contributed by atoms with Gasteiger partial charge in [-0.1, -0.05) is 19.8 Å². The van der Waals surface area contributed by atoms with E-state index >= 15 is 0 Å². The van der Waals surface area contributed by atoms with Crippen molar-refractivity contribution in [2.75, 3.05) is 19.5 Å². The predicted octanol–water partition coefficient (Wildman–Crippen LogP) is 2.26. The van der Waals surface area contributed by atoms with Crippen LogP contribution in [0.5, 0.6) is 0 Å². The number of hydrogen-bond acceptors (Lipinski definition) is 1. The van der Waals surface area contributed by atoms with Gasteiger partial charge in [0.2, 0.25) is 5.91 Å². The van der Waals surface area contributed by atoms with Crippen LogP contribution in [0, 0.1) is 0 Å². The Morgan fingerprint density at radius 2 is 2.08 bits per heavy atom. The SMILES string of the molecule is CCCCCC(=O)N(C)CCCl. The smallest absolute Gasteiger partial charge is 0.222 e. The van der Waals surface area contributed by atoms with E-state index in [0.717, 1.165) is 19.3 Å². The molecule has 0 fully saturated rings. The molecule has 0 saturated carbocycles. The van der Waals surface area contributed by atoms with Gasteiger partial charge in [-0.25, -0.2) is 0 Å². The lowest BCUT2D eigenvalue weighted by Crippen LogP contribution is -2.28. The molecule has 2 nitrogen and oxygen atoms in total. The van der Waals surface area contributed by atoms with Crippen LogP contribution in [0.25, 0.3) is 0 Å². The zero-order valence-electron chi connectivity index (χ0n) is 7.98. The Labute approximate surface area is 79.9 Å². The van der Waals surface area contributed by atoms with Crippen molar-refractivity contribution in [3.63, 3.8) is 0 Å². The molecular weight excluding hydrogens is 174 g/mol. The van der Waals surface area contributed by atoms with Crippen molar-refractivity contribution in [1.29, 1.82) is 0 Å². The molecule has 0 aromatic carbocycles. The highest BCUT2D eigenvalue weighted by atomic mass is 35.5. The summed E-state index contributed by atoms with van der Waals surface area (Å²) in [7, 11) is 1.80. The summed E-state index contributed by atoms with van der Waals surface area (Å²) in [6, 6.07) is 0. The molecule has 0 unspecified atom stereocenters. The second-order valence-corrected chi connectivity index (χ2v) is 3.34. The van der Waals surface area contributed by atoms with Crippen LogP contribution in [0.15, 0.2) is 0 Å². The molecule has 12 heavy (non-hydrogen) atoms.